The van der Waals surface area contributed by atoms with Crippen LogP contribution in [0.1, 0.15) is 21.5 Å². The molecule has 0 bridgehead atoms. The van der Waals surface area contributed by atoms with Crippen molar-refractivity contribution in [2.24, 2.45) is 0 Å². The number of hydrogen-bond acceptors (Lipinski definition) is 6. The highest BCUT2D eigenvalue weighted by Gasteiger charge is 2.11. The lowest BCUT2D eigenvalue weighted by molar-refractivity contribution is -0.144. The average molecular weight is 396 g/mol. The Hall–Kier alpha value is -3.81. The smallest absolute Gasteiger partial charge is 0.331 e. The summed E-state index contributed by atoms with van der Waals surface area (Å²) in [6, 6.07) is 12.1. The van der Waals surface area contributed by atoms with Gasteiger partial charge in [0, 0.05) is 11.6 Å². The molecule has 2 aromatic carbocycles. The maximum atomic E-state index is 11.9. The van der Waals surface area contributed by atoms with E-state index in [2.05, 4.69) is 10.9 Å². The minimum atomic E-state index is -0.695. The van der Waals surface area contributed by atoms with Crippen LogP contribution in [-0.4, -0.2) is 37.6 Å². The Labute approximate surface area is 167 Å². The quantitative estimate of drug-likeness (QED) is 0.454. The Morgan fingerprint density at radius 1 is 1.00 bits per heavy atom. The van der Waals surface area contributed by atoms with Gasteiger partial charge in [-0.2, -0.15) is 0 Å². The van der Waals surface area contributed by atoms with Gasteiger partial charge in [-0.15, -0.1) is 0 Å². The SMILES string of the molecule is Cc1ccc(C(=O)NNC(=O)COC(=O)/C=C/c2ccc3c(c2)OCCO3)cc1. The van der Waals surface area contributed by atoms with Crippen LogP contribution >= 0.6 is 0 Å². The van der Waals surface area contributed by atoms with E-state index in [1.807, 2.05) is 6.92 Å². The fraction of sp³-hybridized carbons (Fsp3) is 0.190. The fourth-order valence-electron chi connectivity index (χ4n) is 2.45. The number of ether oxygens (including phenoxy) is 3. The Balaban J connectivity index is 1.41. The number of hydrazine groups is 1. The molecule has 150 valence electrons. The van der Waals surface area contributed by atoms with Gasteiger partial charge in [-0.1, -0.05) is 23.8 Å². The molecule has 3 rings (SSSR count). The molecular formula is C21H20N2O6. The summed E-state index contributed by atoms with van der Waals surface area (Å²) in [7, 11) is 0. The first-order chi connectivity index (χ1) is 14.0. The highest BCUT2D eigenvalue weighted by molar-refractivity contribution is 5.95. The van der Waals surface area contributed by atoms with E-state index in [1.165, 1.54) is 12.2 Å². The molecule has 0 radical (unpaired) electrons. The highest BCUT2D eigenvalue weighted by atomic mass is 16.6. The van der Waals surface area contributed by atoms with Crippen molar-refractivity contribution in [1.82, 2.24) is 10.9 Å². The molecule has 2 N–H and O–H groups in total. The van der Waals surface area contributed by atoms with Crippen LogP contribution in [-0.2, 0) is 14.3 Å². The largest absolute Gasteiger partial charge is 0.486 e. The van der Waals surface area contributed by atoms with Crippen LogP contribution in [0.2, 0.25) is 0 Å². The molecule has 2 aromatic rings. The molecule has 2 amide bonds. The second kappa shape index (κ2) is 9.41. The van der Waals surface area contributed by atoms with Gasteiger partial charge in [0.15, 0.2) is 18.1 Å². The summed E-state index contributed by atoms with van der Waals surface area (Å²) in [5.74, 6) is -0.564. The van der Waals surface area contributed by atoms with Gasteiger partial charge in [-0.05, 0) is 42.8 Å². The minimum absolute atomic E-state index is 0.398. The molecule has 0 fully saturated rings. The summed E-state index contributed by atoms with van der Waals surface area (Å²) in [5.41, 5.74) is 6.58. The van der Waals surface area contributed by atoms with Crippen molar-refractivity contribution < 1.29 is 28.6 Å². The molecule has 1 aliphatic rings. The van der Waals surface area contributed by atoms with Gasteiger partial charge in [0.25, 0.3) is 11.8 Å². The topological polar surface area (TPSA) is 103 Å². The van der Waals surface area contributed by atoms with Gasteiger partial charge in [0.2, 0.25) is 0 Å². The second-order valence-corrected chi connectivity index (χ2v) is 6.21. The maximum Gasteiger partial charge on any atom is 0.331 e. The molecule has 0 atom stereocenters. The number of fused-ring (bicyclic) bond motifs is 1. The number of hydrogen-bond donors (Lipinski definition) is 2. The molecule has 0 saturated carbocycles. The molecule has 0 spiro atoms. The summed E-state index contributed by atoms with van der Waals surface area (Å²) < 4.78 is 15.7. The maximum absolute atomic E-state index is 11.9. The molecule has 29 heavy (non-hydrogen) atoms. The van der Waals surface area contributed by atoms with Crippen molar-refractivity contribution in [2.75, 3.05) is 19.8 Å². The lowest BCUT2D eigenvalue weighted by atomic mass is 10.1. The first-order valence-electron chi connectivity index (χ1n) is 8.91. The molecular weight excluding hydrogens is 376 g/mol. The Morgan fingerprint density at radius 2 is 1.72 bits per heavy atom. The van der Waals surface area contributed by atoms with Gasteiger partial charge in [-0.3, -0.25) is 20.4 Å². The average Bonchev–Trinajstić information content (AvgIpc) is 2.75. The standard InChI is InChI=1S/C21H20N2O6/c1-14-2-6-16(7-3-14)21(26)23-22-19(24)13-29-20(25)9-5-15-4-8-17-18(12-15)28-11-10-27-17/h2-9,12H,10-11,13H2,1H3,(H,22,24)(H,23,26)/b9-5+. The van der Waals surface area contributed by atoms with E-state index < -0.39 is 24.4 Å². The van der Waals surface area contributed by atoms with E-state index in [0.717, 1.165) is 11.1 Å². The molecule has 0 aliphatic carbocycles. The monoisotopic (exact) mass is 396 g/mol. The number of amides is 2. The van der Waals surface area contributed by atoms with Gasteiger partial charge in [0.1, 0.15) is 13.2 Å². The van der Waals surface area contributed by atoms with Crippen LogP contribution in [0.3, 0.4) is 0 Å². The number of aryl methyl sites for hydroxylation is 1. The predicted octanol–water partition coefficient (Wildman–Crippen LogP) is 1.78. The minimum Gasteiger partial charge on any atom is -0.486 e. The number of carbonyl (C=O) groups excluding carboxylic acids is 3. The number of nitrogens with one attached hydrogen (secondary N) is 2. The first-order valence-corrected chi connectivity index (χ1v) is 8.91. The molecule has 0 unspecified atom stereocenters. The molecule has 8 heteroatoms. The first kappa shape index (κ1) is 19.9. The van der Waals surface area contributed by atoms with Crippen molar-refractivity contribution in [3.8, 4) is 11.5 Å². The third-order valence-electron chi connectivity index (χ3n) is 3.95. The predicted molar refractivity (Wildman–Crippen MR) is 104 cm³/mol. The number of carbonyl (C=O) groups is 3. The van der Waals surface area contributed by atoms with E-state index in [4.69, 9.17) is 14.2 Å². The van der Waals surface area contributed by atoms with Crippen LogP contribution in [0.5, 0.6) is 11.5 Å². The molecule has 1 heterocycles. The Bertz CT molecular complexity index is 937. The Morgan fingerprint density at radius 3 is 2.48 bits per heavy atom. The third kappa shape index (κ3) is 5.83. The van der Waals surface area contributed by atoms with E-state index in [-0.39, 0.29) is 0 Å². The summed E-state index contributed by atoms with van der Waals surface area (Å²) in [6.07, 6.45) is 2.74. The molecule has 0 aromatic heterocycles. The molecule has 1 aliphatic heterocycles. The zero-order valence-electron chi connectivity index (χ0n) is 15.8. The van der Waals surface area contributed by atoms with Crippen molar-refractivity contribution in [3.63, 3.8) is 0 Å². The lowest BCUT2D eigenvalue weighted by Crippen LogP contribution is -2.43. The highest BCUT2D eigenvalue weighted by Crippen LogP contribution is 2.31. The summed E-state index contributed by atoms with van der Waals surface area (Å²) in [6.45, 7) is 2.35. The van der Waals surface area contributed by atoms with Crippen LogP contribution in [0, 0.1) is 6.92 Å². The van der Waals surface area contributed by atoms with E-state index in [1.54, 1.807) is 42.5 Å². The second-order valence-electron chi connectivity index (χ2n) is 6.21. The van der Waals surface area contributed by atoms with Gasteiger partial charge in [0.05, 0.1) is 0 Å². The van der Waals surface area contributed by atoms with Crippen molar-refractivity contribution >= 4 is 23.9 Å². The van der Waals surface area contributed by atoms with Crippen LogP contribution in [0.15, 0.2) is 48.5 Å². The van der Waals surface area contributed by atoms with E-state index >= 15 is 0 Å². The number of rotatable bonds is 5. The number of benzene rings is 2. The molecule has 0 saturated heterocycles. The Kier molecular flexibility index (Phi) is 6.47. The van der Waals surface area contributed by atoms with Crippen molar-refractivity contribution in [3.05, 3.63) is 65.2 Å². The summed E-state index contributed by atoms with van der Waals surface area (Å²) in [4.78, 5) is 35.4. The van der Waals surface area contributed by atoms with Crippen LogP contribution in [0.4, 0.5) is 0 Å². The van der Waals surface area contributed by atoms with Crippen LogP contribution in [0.25, 0.3) is 6.08 Å². The lowest BCUT2D eigenvalue weighted by Gasteiger charge is -2.18. The zero-order chi connectivity index (χ0) is 20.6. The van der Waals surface area contributed by atoms with Crippen molar-refractivity contribution in [2.45, 2.75) is 6.92 Å². The zero-order valence-corrected chi connectivity index (χ0v) is 15.8. The third-order valence-corrected chi connectivity index (χ3v) is 3.95. The normalized spacial score (nSPS) is 12.3. The van der Waals surface area contributed by atoms with Crippen LogP contribution < -0.4 is 20.3 Å². The fourth-order valence-corrected chi connectivity index (χ4v) is 2.45. The van der Waals surface area contributed by atoms with E-state index in [0.29, 0.717) is 30.3 Å². The van der Waals surface area contributed by atoms with Gasteiger partial charge >= 0.3 is 5.97 Å². The molecule has 8 nitrogen and oxygen atoms in total. The van der Waals surface area contributed by atoms with Gasteiger partial charge < -0.3 is 14.2 Å². The van der Waals surface area contributed by atoms with Gasteiger partial charge in [-0.25, -0.2) is 4.79 Å². The summed E-state index contributed by atoms with van der Waals surface area (Å²) in [5, 5.41) is 0. The number of esters is 1. The summed E-state index contributed by atoms with van der Waals surface area (Å²) >= 11 is 0. The van der Waals surface area contributed by atoms with E-state index in [9.17, 15) is 14.4 Å². The van der Waals surface area contributed by atoms with Crippen molar-refractivity contribution in [1.29, 1.82) is 0 Å².